The van der Waals surface area contributed by atoms with Gasteiger partial charge < -0.3 is 15.0 Å². The molecule has 2 aliphatic rings. The molecular weight excluding hydrogens is 374 g/mol. The van der Waals surface area contributed by atoms with Gasteiger partial charge >= 0.3 is 5.97 Å². The number of nitro groups is 1. The van der Waals surface area contributed by atoms with Gasteiger partial charge in [-0.15, -0.1) is 0 Å². The van der Waals surface area contributed by atoms with Crippen molar-refractivity contribution in [1.82, 2.24) is 5.32 Å². The summed E-state index contributed by atoms with van der Waals surface area (Å²) < 4.78 is 4.97. The van der Waals surface area contributed by atoms with E-state index in [1.54, 1.807) is 13.0 Å². The monoisotopic (exact) mass is 403 g/mol. The molecule has 3 rings (SSSR count). The predicted molar refractivity (Wildman–Crippen MR) is 109 cm³/mol. The van der Waals surface area contributed by atoms with Crippen LogP contribution in [0.4, 0.5) is 11.4 Å². The van der Waals surface area contributed by atoms with Crippen molar-refractivity contribution in [3.8, 4) is 0 Å². The molecule has 1 saturated carbocycles. The summed E-state index contributed by atoms with van der Waals surface area (Å²) in [4.78, 5) is 37.4. The van der Waals surface area contributed by atoms with Crippen molar-refractivity contribution in [1.29, 1.82) is 0 Å². The number of amides is 1. The molecule has 0 unspecified atom stereocenters. The fourth-order valence-corrected chi connectivity index (χ4v) is 4.22. The van der Waals surface area contributed by atoms with Crippen LogP contribution < -0.4 is 10.2 Å². The van der Waals surface area contributed by atoms with E-state index in [2.05, 4.69) is 10.2 Å². The molecule has 0 atom stereocenters. The van der Waals surface area contributed by atoms with E-state index >= 15 is 0 Å². The van der Waals surface area contributed by atoms with Crippen molar-refractivity contribution in [2.75, 3.05) is 24.6 Å². The summed E-state index contributed by atoms with van der Waals surface area (Å²) in [5.74, 6) is -0.345. The van der Waals surface area contributed by atoms with Crippen LogP contribution in [0.1, 0.15) is 62.2 Å². The molecule has 0 aromatic heterocycles. The van der Waals surface area contributed by atoms with Crippen LogP contribution in [-0.4, -0.2) is 42.5 Å². The maximum Gasteiger partial charge on any atom is 0.345 e. The quantitative estimate of drug-likeness (QED) is 0.443. The summed E-state index contributed by atoms with van der Waals surface area (Å²) in [6.07, 6.45) is 7.10. The van der Waals surface area contributed by atoms with Gasteiger partial charge in [0, 0.05) is 36.8 Å². The molecule has 158 valence electrons. The van der Waals surface area contributed by atoms with E-state index in [9.17, 15) is 19.7 Å². The molecule has 1 aliphatic carbocycles. The van der Waals surface area contributed by atoms with Gasteiger partial charge in [0.1, 0.15) is 5.56 Å². The van der Waals surface area contributed by atoms with E-state index in [1.807, 2.05) is 0 Å². The smallest absolute Gasteiger partial charge is 0.345 e. The Morgan fingerprint density at radius 3 is 2.48 bits per heavy atom. The fourth-order valence-electron chi connectivity index (χ4n) is 4.22. The van der Waals surface area contributed by atoms with Gasteiger partial charge in [0.2, 0.25) is 5.91 Å². The van der Waals surface area contributed by atoms with E-state index < -0.39 is 10.9 Å². The second-order valence-electron chi connectivity index (χ2n) is 7.78. The van der Waals surface area contributed by atoms with Gasteiger partial charge in [0.05, 0.1) is 11.5 Å². The first-order valence-electron chi connectivity index (χ1n) is 10.5. The van der Waals surface area contributed by atoms with Crippen molar-refractivity contribution in [3.05, 3.63) is 33.9 Å². The van der Waals surface area contributed by atoms with E-state index in [-0.39, 0.29) is 35.7 Å². The lowest BCUT2D eigenvalue weighted by molar-refractivity contribution is -0.385. The first-order chi connectivity index (χ1) is 14.0. The summed E-state index contributed by atoms with van der Waals surface area (Å²) in [5, 5.41) is 14.4. The summed E-state index contributed by atoms with van der Waals surface area (Å²) in [6, 6.07) is 4.72. The number of anilines is 1. The number of hydrogen-bond acceptors (Lipinski definition) is 6. The number of nitrogens with one attached hydrogen (secondary N) is 1. The Hall–Kier alpha value is -2.64. The Bertz CT molecular complexity index is 753. The number of carbonyl (C=O) groups is 2. The molecule has 0 spiro atoms. The minimum Gasteiger partial charge on any atom is -0.462 e. The van der Waals surface area contributed by atoms with Crippen LogP contribution in [-0.2, 0) is 9.53 Å². The van der Waals surface area contributed by atoms with Crippen molar-refractivity contribution in [2.24, 2.45) is 5.92 Å². The van der Waals surface area contributed by atoms with Crippen molar-refractivity contribution < 1.29 is 19.2 Å². The molecule has 0 radical (unpaired) electrons. The number of rotatable bonds is 6. The summed E-state index contributed by atoms with van der Waals surface area (Å²) in [7, 11) is 0. The Morgan fingerprint density at radius 1 is 1.17 bits per heavy atom. The molecule has 1 heterocycles. The van der Waals surface area contributed by atoms with Crippen LogP contribution in [0.2, 0.25) is 0 Å². The molecular formula is C21H29N3O5. The van der Waals surface area contributed by atoms with Gasteiger partial charge in [-0.2, -0.15) is 0 Å². The number of carbonyl (C=O) groups excluding carboxylic acids is 2. The molecule has 1 amide bonds. The Kier molecular flexibility index (Phi) is 7.06. The molecule has 1 aromatic carbocycles. The van der Waals surface area contributed by atoms with Crippen LogP contribution in [0, 0.1) is 16.0 Å². The van der Waals surface area contributed by atoms with Gasteiger partial charge in [0.25, 0.3) is 5.69 Å². The SMILES string of the molecule is CCOC(=O)c1cc(N2CCC(NC(=O)C3CCCCC3)CC2)ccc1[N+](=O)[O-]. The summed E-state index contributed by atoms with van der Waals surface area (Å²) in [6.45, 7) is 3.26. The maximum absolute atomic E-state index is 12.5. The Labute approximate surface area is 170 Å². The van der Waals surface area contributed by atoms with Crippen molar-refractivity contribution in [3.63, 3.8) is 0 Å². The van der Waals surface area contributed by atoms with Gasteiger partial charge in [0.15, 0.2) is 0 Å². The van der Waals surface area contributed by atoms with E-state index in [0.717, 1.165) is 57.3 Å². The number of nitro benzene ring substituents is 1. The minimum atomic E-state index is -0.685. The van der Waals surface area contributed by atoms with Crippen molar-refractivity contribution in [2.45, 2.75) is 57.9 Å². The van der Waals surface area contributed by atoms with E-state index in [1.165, 1.54) is 18.6 Å². The van der Waals surface area contributed by atoms with Gasteiger partial charge in [-0.05, 0) is 44.7 Å². The second kappa shape index (κ2) is 9.71. The number of hydrogen-bond donors (Lipinski definition) is 1. The van der Waals surface area contributed by atoms with Crippen molar-refractivity contribution >= 4 is 23.3 Å². The van der Waals surface area contributed by atoms with Crippen LogP contribution in [0.3, 0.4) is 0 Å². The second-order valence-corrected chi connectivity index (χ2v) is 7.78. The highest BCUT2D eigenvalue weighted by molar-refractivity contribution is 5.95. The normalized spacial score (nSPS) is 18.3. The Morgan fingerprint density at radius 2 is 1.86 bits per heavy atom. The molecule has 29 heavy (non-hydrogen) atoms. The van der Waals surface area contributed by atoms with Gasteiger partial charge in [-0.25, -0.2) is 4.79 Å². The third kappa shape index (κ3) is 5.25. The van der Waals surface area contributed by atoms with Gasteiger partial charge in [-0.3, -0.25) is 14.9 Å². The van der Waals surface area contributed by atoms with Crippen LogP contribution >= 0.6 is 0 Å². The topological polar surface area (TPSA) is 102 Å². The first-order valence-corrected chi connectivity index (χ1v) is 10.5. The lowest BCUT2D eigenvalue weighted by Gasteiger charge is -2.35. The van der Waals surface area contributed by atoms with Crippen LogP contribution in [0.25, 0.3) is 0 Å². The highest BCUT2D eigenvalue weighted by atomic mass is 16.6. The molecule has 8 heteroatoms. The lowest BCUT2D eigenvalue weighted by Crippen LogP contribution is -2.46. The molecule has 8 nitrogen and oxygen atoms in total. The molecule has 1 aliphatic heterocycles. The highest BCUT2D eigenvalue weighted by Crippen LogP contribution is 2.28. The molecule has 1 aromatic rings. The predicted octanol–water partition coefficient (Wildman–Crippen LogP) is 3.44. The standard InChI is InChI=1S/C21H29N3O5/c1-2-29-21(26)18-14-17(8-9-19(18)24(27)28)23-12-10-16(11-13-23)22-20(25)15-6-4-3-5-7-15/h8-9,14-16H,2-7,10-13H2,1H3,(H,22,25). The largest absolute Gasteiger partial charge is 0.462 e. The average Bonchev–Trinajstić information content (AvgIpc) is 2.74. The summed E-state index contributed by atoms with van der Waals surface area (Å²) >= 11 is 0. The zero-order chi connectivity index (χ0) is 20.8. The van der Waals surface area contributed by atoms with Gasteiger partial charge in [-0.1, -0.05) is 19.3 Å². The Balaban J connectivity index is 1.61. The molecule has 0 bridgehead atoms. The van der Waals surface area contributed by atoms with E-state index in [0.29, 0.717) is 0 Å². The number of nitrogens with zero attached hydrogens (tertiary/aromatic N) is 2. The highest BCUT2D eigenvalue weighted by Gasteiger charge is 2.27. The fraction of sp³-hybridized carbons (Fsp3) is 0.619. The third-order valence-corrected chi connectivity index (χ3v) is 5.85. The molecule has 1 N–H and O–H groups in total. The number of benzene rings is 1. The van der Waals surface area contributed by atoms with Crippen LogP contribution in [0.15, 0.2) is 18.2 Å². The average molecular weight is 403 g/mol. The van der Waals surface area contributed by atoms with Crippen LogP contribution in [0.5, 0.6) is 0 Å². The number of esters is 1. The summed E-state index contributed by atoms with van der Waals surface area (Å²) in [5.41, 5.74) is 0.486. The van der Waals surface area contributed by atoms with E-state index in [4.69, 9.17) is 4.74 Å². The zero-order valence-corrected chi connectivity index (χ0v) is 16.9. The molecule has 1 saturated heterocycles. The molecule has 2 fully saturated rings. The number of ether oxygens (including phenoxy) is 1. The zero-order valence-electron chi connectivity index (χ0n) is 16.9. The number of piperidine rings is 1. The third-order valence-electron chi connectivity index (χ3n) is 5.85. The maximum atomic E-state index is 12.5. The minimum absolute atomic E-state index is 0.0259. The lowest BCUT2D eigenvalue weighted by atomic mass is 9.88. The first kappa shape index (κ1) is 21.1.